The van der Waals surface area contributed by atoms with Crippen LogP contribution in [0.1, 0.15) is 56.8 Å². The summed E-state index contributed by atoms with van der Waals surface area (Å²) in [6.45, 7) is 5.22. The molecule has 2 heterocycles. The normalized spacial score (nSPS) is 16.8. The third-order valence-electron chi connectivity index (χ3n) is 4.64. The third-order valence-corrected chi connectivity index (χ3v) is 4.87. The van der Waals surface area contributed by atoms with Gasteiger partial charge in [-0.15, -0.1) is 0 Å². The zero-order valence-electron chi connectivity index (χ0n) is 15.9. The summed E-state index contributed by atoms with van der Waals surface area (Å²) in [6.07, 6.45) is 2.16. The molecular weight excluding hydrogens is 368 g/mol. The summed E-state index contributed by atoms with van der Waals surface area (Å²) in [7, 11) is 1.60. The van der Waals surface area contributed by atoms with E-state index in [0.717, 1.165) is 25.1 Å². The molecule has 1 aliphatic rings. The quantitative estimate of drug-likeness (QED) is 0.766. The monoisotopic (exact) mass is 392 g/mol. The topological polar surface area (TPSA) is 80.5 Å². The maximum Gasteiger partial charge on any atom is 0.229 e. The molecule has 7 nitrogen and oxygen atoms in total. The number of benzene rings is 1. The van der Waals surface area contributed by atoms with E-state index in [4.69, 9.17) is 20.9 Å². The van der Waals surface area contributed by atoms with Crippen molar-refractivity contribution in [1.29, 1.82) is 0 Å². The van der Waals surface area contributed by atoms with Gasteiger partial charge in [-0.05, 0) is 31.0 Å². The summed E-state index contributed by atoms with van der Waals surface area (Å²) in [5.41, 5.74) is 0.774. The number of amides is 1. The van der Waals surface area contributed by atoms with E-state index in [1.165, 1.54) is 0 Å². The van der Waals surface area contributed by atoms with Crippen LogP contribution in [-0.4, -0.2) is 41.1 Å². The van der Waals surface area contributed by atoms with E-state index in [1.807, 2.05) is 18.7 Å². The second-order valence-electron chi connectivity index (χ2n) is 6.91. The Balaban J connectivity index is 1.59. The highest BCUT2D eigenvalue weighted by Crippen LogP contribution is 2.32. The number of carbonyl (C=O) groups excluding carboxylic acids is 1. The van der Waals surface area contributed by atoms with Crippen molar-refractivity contribution in [2.75, 3.05) is 25.5 Å². The predicted molar refractivity (Wildman–Crippen MR) is 103 cm³/mol. The first-order valence-electron chi connectivity index (χ1n) is 9.20. The molecule has 1 aliphatic heterocycles. The Hall–Kier alpha value is -2.28. The molecule has 3 rings (SSSR count). The summed E-state index contributed by atoms with van der Waals surface area (Å²) in [5.74, 6) is 2.16. The van der Waals surface area contributed by atoms with Crippen LogP contribution in [-0.2, 0) is 4.79 Å². The highest BCUT2D eigenvalue weighted by Gasteiger charge is 2.33. The number of rotatable bonds is 7. The number of anilines is 1. The minimum atomic E-state index is -0.102. The molecule has 1 saturated heterocycles. The van der Waals surface area contributed by atoms with E-state index in [1.54, 1.807) is 25.3 Å². The molecule has 146 valence electrons. The van der Waals surface area contributed by atoms with Gasteiger partial charge in [0.25, 0.3) is 0 Å². The Kier molecular flexibility index (Phi) is 6.21. The lowest BCUT2D eigenvalue weighted by Gasteiger charge is -2.22. The summed E-state index contributed by atoms with van der Waals surface area (Å²) >= 11 is 6.04. The Morgan fingerprint density at radius 3 is 3.00 bits per heavy atom. The maximum atomic E-state index is 12.7. The number of hydrogen-bond acceptors (Lipinski definition) is 6. The van der Waals surface area contributed by atoms with Gasteiger partial charge < -0.3 is 19.5 Å². The van der Waals surface area contributed by atoms with Crippen LogP contribution >= 0.6 is 11.6 Å². The molecule has 0 aliphatic carbocycles. The number of methoxy groups -OCH3 is 1. The molecule has 1 atom stereocenters. The van der Waals surface area contributed by atoms with E-state index in [0.29, 0.717) is 35.5 Å². The van der Waals surface area contributed by atoms with Crippen molar-refractivity contribution in [2.24, 2.45) is 0 Å². The molecule has 0 bridgehead atoms. The molecule has 1 N–H and O–H groups in total. The average molecular weight is 393 g/mol. The number of halogens is 1. The van der Waals surface area contributed by atoms with Crippen molar-refractivity contribution >= 4 is 23.2 Å². The second-order valence-corrected chi connectivity index (χ2v) is 7.35. The number of nitrogens with one attached hydrogen (secondary N) is 1. The van der Waals surface area contributed by atoms with Gasteiger partial charge in [-0.25, -0.2) is 0 Å². The first-order valence-corrected chi connectivity index (χ1v) is 9.57. The smallest absolute Gasteiger partial charge is 0.229 e. The van der Waals surface area contributed by atoms with Crippen LogP contribution in [0.25, 0.3) is 0 Å². The van der Waals surface area contributed by atoms with Crippen LogP contribution in [0, 0.1) is 0 Å². The van der Waals surface area contributed by atoms with E-state index < -0.39 is 0 Å². The van der Waals surface area contributed by atoms with Crippen molar-refractivity contribution in [1.82, 2.24) is 15.0 Å². The minimum absolute atomic E-state index is 0.0712. The predicted octanol–water partition coefficient (Wildman–Crippen LogP) is 4.02. The van der Waals surface area contributed by atoms with E-state index in [9.17, 15) is 4.79 Å². The van der Waals surface area contributed by atoms with Crippen LogP contribution in [0.5, 0.6) is 5.75 Å². The molecule has 0 saturated carbocycles. The van der Waals surface area contributed by atoms with Gasteiger partial charge in [0, 0.05) is 30.5 Å². The van der Waals surface area contributed by atoms with Crippen molar-refractivity contribution in [2.45, 2.75) is 45.1 Å². The highest BCUT2D eigenvalue weighted by molar-refractivity contribution is 6.30. The maximum absolute atomic E-state index is 12.7. The Bertz CT molecular complexity index is 793. The lowest BCUT2D eigenvalue weighted by molar-refractivity contribution is -0.132. The fourth-order valence-electron chi connectivity index (χ4n) is 3.22. The second kappa shape index (κ2) is 8.61. The van der Waals surface area contributed by atoms with Gasteiger partial charge in [0.1, 0.15) is 5.75 Å². The summed E-state index contributed by atoms with van der Waals surface area (Å²) in [5, 5.41) is 7.93. The molecule has 1 aromatic carbocycles. The molecule has 0 spiro atoms. The van der Waals surface area contributed by atoms with Crippen LogP contribution in [0.2, 0.25) is 5.02 Å². The standard InChI is InChI=1S/C19H25ClN4O3/c1-12(2)19-22-18(23-27-19)15-5-4-10-24(15)17(25)8-9-21-14-11-13(20)6-7-16(14)26-3/h6-7,11-12,15,21H,4-5,8-10H2,1-3H3. The number of nitrogens with zero attached hydrogens (tertiary/aromatic N) is 3. The molecule has 0 radical (unpaired) electrons. The Morgan fingerprint density at radius 1 is 1.48 bits per heavy atom. The van der Waals surface area contributed by atoms with Crippen molar-refractivity contribution in [3.63, 3.8) is 0 Å². The van der Waals surface area contributed by atoms with Gasteiger partial charge in [0.15, 0.2) is 5.82 Å². The molecule has 1 unspecified atom stereocenters. The lowest BCUT2D eigenvalue weighted by atomic mass is 10.2. The lowest BCUT2D eigenvalue weighted by Crippen LogP contribution is -2.32. The van der Waals surface area contributed by atoms with Crippen LogP contribution in [0.15, 0.2) is 22.7 Å². The zero-order valence-corrected chi connectivity index (χ0v) is 16.6. The van der Waals surface area contributed by atoms with Crippen molar-refractivity contribution in [3.05, 3.63) is 34.9 Å². The first kappa shape index (κ1) is 19.5. The summed E-state index contributed by atoms with van der Waals surface area (Å²) in [6, 6.07) is 5.25. The van der Waals surface area contributed by atoms with Gasteiger partial charge in [-0.2, -0.15) is 4.98 Å². The van der Waals surface area contributed by atoms with Crippen LogP contribution in [0.4, 0.5) is 5.69 Å². The largest absolute Gasteiger partial charge is 0.495 e. The first-order chi connectivity index (χ1) is 13.0. The van der Waals surface area contributed by atoms with Crippen molar-refractivity contribution in [3.8, 4) is 5.75 Å². The molecule has 1 amide bonds. The number of aromatic nitrogens is 2. The number of likely N-dealkylation sites (tertiary alicyclic amines) is 1. The van der Waals surface area contributed by atoms with Gasteiger partial charge in [-0.1, -0.05) is 30.6 Å². The van der Waals surface area contributed by atoms with Crippen LogP contribution < -0.4 is 10.1 Å². The fourth-order valence-corrected chi connectivity index (χ4v) is 3.39. The molecule has 2 aromatic rings. The third kappa shape index (κ3) is 4.53. The minimum Gasteiger partial charge on any atom is -0.495 e. The number of ether oxygens (including phenoxy) is 1. The van der Waals surface area contributed by atoms with Gasteiger partial charge >= 0.3 is 0 Å². The van der Waals surface area contributed by atoms with Crippen molar-refractivity contribution < 1.29 is 14.1 Å². The number of hydrogen-bond donors (Lipinski definition) is 1. The molecular formula is C19H25ClN4O3. The average Bonchev–Trinajstić information content (AvgIpc) is 3.31. The zero-order chi connectivity index (χ0) is 19.4. The fraction of sp³-hybridized carbons (Fsp3) is 0.526. The Labute approximate surface area is 164 Å². The summed E-state index contributed by atoms with van der Waals surface area (Å²) < 4.78 is 10.6. The highest BCUT2D eigenvalue weighted by atomic mass is 35.5. The Morgan fingerprint density at radius 2 is 2.30 bits per heavy atom. The summed E-state index contributed by atoms with van der Waals surface area (Å²) in [4.78, 5) is 19.0. The SMILES string of the molecule is COc1ccc(Cl)cc1NCCC(=O)N1CCCC1c1noc(C(C)C)n1. The molecule has 1 fully saturated rings. The van der Waals surface area contributed by atoms with Gasteiger partial charge in [0.05, 0.1) is 18.8 Å². The van der Waals surface area contributed by atoms with Gasteiger partial charge in [0.2, 0.25) is 11.8 Å². The van der Waals surface area contributed by atoms with E-state index >= 15 is 0 Å². The van der Waals surface area contributed by atoms with Crippen LogP contribution in [0.3, 0.4) is 0 Å². The van der Waals surface area contributed by atoms with E-state index in [2.05, 4.69) is 15.5 Å². The number of carbonyl (C=O) groups is 1. The molecule has 1 aromatic heterocycles. The molecule has 8 heteroatoms. The van der Waals surface area contributed by atoms with E-state index in [-0.39, 0.29) is 17.9 Å². The molecule has 27 heavy (non-hydrogen) atoms. The van der Waals surface area contributed by atoms with Gasteiger partial charge in [-0.3, -0.25) is 4.79 Å².